The molecule has 1 rings (SSSR count). The molecule has 0 aliphatic carbocycles. The lowest BCUT2D eigenvalue weighted by Crippen LogP contribution is -2.22. The highest BCUT2D eigenvalue weighted by Crippen LogP contribution is 2.30. The minimum absolute atomic E-state index is 0.0229. The molecule has 0 fully saturated rings. The van der Waals surface area contributed by atoms with E-state index in [1.54, 1.807) is 18.2 Å². The van der Waals surface area contributed by atoms with E-state index in [1.165, 1.54) is 7.11 Å². The predicted octanol–water partition coefficient (Wildman–Crippen LogP) is 3.65. The van der Waals surface area contributed by atoms with Gasteiger partial charge in [-0.05, 0) is 42.9 Å². The lowest BCUT2D eigenvalue weighted by molar-refractivity contribution is -0.121. The second-order valence-electron chi connectivity index (χ2n) is 6.32. The Morgan fingerprint density at radius 1 is 1.26 bits per heavy atom. The van der Waals surface area contributed by atoms with Crippen LogP contribution < -0.4 is 14.8 Å². The Labute approximate surface area is 162 Å². The smallest absolute Gasteiger partial charge is 0.330 e. The zero-order valence-electron chi connectivity index (χ0n) is 16.2. The summed E-state index contributed by atoms with van der Waals surface area (Å²) in [5, 5.41) is 2.90. The van der Waals surface area contributed by atoms with Crippen LogP contribution in [0.25, 0.3) is 0 Å². The molecule has 0 unspecified atom stereocenters. The summed E-state index contributed by atoms with van der Waals surface area (Å²) >= 11 is 0. The molecule has 0 atom stereocenters. The maximum atomic E-state index is 11.9. The fourth-order valence-corrected chi connectivity index (χ4v) is 2.43. The minimum Gasteiger partial charge on any atom is -0.493 e. The van der Waals surface area contributed by atoms with Crippen molar-refractivity contribution in [2.24, 2.45) is 5.92 Å². The number of ether oxygens (including phenoxy) is 2. The number of hydrogen-bond acceptors (Lipinski definition) is 6. The summed E-state index contributed by atoms with van der Waals surface area (Å²) in [4.78, 5) is 29.3. The number of carbonyl (C=O) groups excluding carboxylic acids is 1. The summed E-state index contributed by atoms with van der Waals surface area (Å²) in [7, 11) is -0.955. The van der Waals surface area contributed by atoms with Crippen LogP contribution in [0.1, 0.15) is 45.1 Å². The molecule has 0 saturated heterocycles. The SMILES string of the molecule is COc1cc(CNC(=O)CCCC/C=C\C(C)C)ccc1OCOP(O)O. The van der Waals surface area contributed by atoms with Crippen LogP contribution in [0.4, 0.5) is 0 Å². The van der Waals surface area contributed by atoms with E-state index in [-0.39, 0.29) is 12.7 Å². The number of benzene rings is 1. The maximum absolute atomic E-state index is 11.9. The summed E-state index contributed by atoms with van der Waals surface area (Å²) in [5.41, 5.74) is 0.875. The largest absolute Gasteiger partial charge is 0.493 e. The van der Waals surface area contributed by atoms with Gasteiger partial charge in [-0.3, -0.25) is 9.32 Å². The Bertz CT molecular complexity index is 592. The molecule has 27 heavy (non-hydrogen) atoms. The molecule has 152 valence electrons. The van der Waals surface area contributed by atoms with Crippen LogP contribution in [0.15, 0.2) is 30.4 Å². The highest BCUT2D eigenvalue weighted by atomic mass is 31.2. The van der Waals surface area contributed by atoms with Crippen molar-refractivity contribution in [3.63, 3.8) is 0 Å². The van der Waals surface area contributed by atoms with Gasteiger partial charge in [0.15, 0.2) is 18.3 Å². The third-order valence-electron chi connectivity index (χ3n) is 3.65. The second-order valence-corrected chi connectivity index (χ2v) is 7.09. The van der Waals surface area contributed by atoms with Crippen molar-refractivity contribution in [3.05, 3.63) is 35.9 Å². The Morgan fingerprint density at radius 2 is 2.04 bits per heavy atom. The first-order valence-corrected chi connectivity index (χ1v) is 10.1. The number of carbonyl (C=O) groups is 1. The first-order valence-electron chi connectivity index (χ1n) is 8.96. The number of nitrogens with one attached hydrogen (secondary N) is 1. The maximum Gasteiger partial charge on any atom is 0.330 e. The molecule has 8 heteroatoms. The van der Waals surface area contributed by atoms with E-state index in [1.807, 2.05) is 0 Å². The highest BCUT2D eigenvalue weighted by molar-refractivity contribution is 7.39. The number of unbranched alkanes of at least 4 members (excludes halogenated alkanes) is 2. The minimum atomic E-state index is -2.46. The van der Waals surface area contributed by atoms with Gasteiger partial charge in [0.25, 0.3) is 0 Å². The van der Waals surface area contributed by atoms with Gasteiger partial charge in [-0.2, -0.15) is 0 Å². The van der Waals surface area contributed by atoms with Gasteiger partial charge in [0, 0.05) is 13.0 Å². The average Bonchev–Trinajstić information content (AvgIpc) is 2.63. The lowest BCUT2D eigenvalue weighted by atomic mass is 10.1. The van der Waals surface area contributed by atoms with E-state index >= 15 is 0 Å². The molecule has 0 aliphatic heterocycles. The van der Waals surface area contributed by atoms with Gasteiger partial charge in [0.05, 0.1) is 7.11 Å². The van der Waals surface area contributed by atoms with Crippen LogP contribution in [-0.2, 0) is 15.9 Å². The molecule has 7 nitrogen and oxygen atoms in total. The average molecular weight is 399 g/mol. The number of hydrogen-bond donors (Lipinski definition) is 3. The Kier molecular flexibility index (Phi) is 11.7. The van der Waals surface area contributed by atoms with E-state index in [9.17, 15) is 4.79 Å². The van der Waals surface area contributed by atoms with Gasteiger partial charge in [0.1, 0.15) is 0 Å². The Morgan fingerprint density at radius 3 is 2.70 bits per heavy atom. The van der Waals surface area contributed by atoms with E-state index in [0.717, 1.165) is 24.8 Å². The summed E-state index contributed by atoms with van der Waals surface area (Å²) < 4.78 is 15.1. The molecule has 0 aliphatic rings. The van der Waals surface area contributed by atoms with Crippen molar-refractivity contribution >= 4 is 14.5 Å². The van der Waals surface area contributed by atoms with Crippen LogP contribution in [0.3, 0.4) is 0 Å². The Hall–Kier alpha value is -1.66. The molecule has 1 aromatic rings. The van der Waals surface area contributed by atoms with Gasteiger partial charge in [-0.25, -0.2) is 0 Å². The second kappa shape index (κ2) is 13.5. The molecule has 0 bridgehead atoms. The zero-order valence-corrected chi connectivity index (χ0v) is 17.1. The van der Waals surface area contributed by atoms with Crippen molar-refractivity contribution in [3.8, 4) is 11.5 Å². The molecule has 1 amide bonds. The molecule has 0 spiro atoms. The molecule has 0 saturated carbocycles. The van der Waals surface area contributed by atoms with Crippen molar-refractivity contribution in [2.45, 2.75) is 46.1 Å². The van der Waals surface area contributed by atoms with Crippen molar-refractivity contribution in [1.82, 2.24) is 5.32 Å². The third kappa shape index (κ3) is 10.9. The van der Waals surface area contributed by atoms with E-state index in [0.29, 0.717) is 30.4 Å². The van der Waals surface area contributed by atoms with Gasteiger partial charge < -0.3 is 24.6 Å². The summed E-state index contributed by atoms with van der Waals surface area (Å²) in [6.45, 7) is 4.40. The first kappa shape index (κ1) is 23.4. The molecule has 0 heterocycles. The van der Waals surface area contributed by atoms with Crippen molar-refractivity contribution in [2.75, 3.05) is 13.9 Å². The molecule has 0 radical (unpaired) electrons. The van der Waals surface area contributed by atoms with Gasteiger partial charge in [-0.1, -0.05) is 32.1 Å². The number of amides is 1. The third-order valence-corrected chi connectivity index (χ3v) is 3.98. The van der Waals surface area contributed by atoms with Gasteiger partial charge in [-0.15, -0.1) is 0 Å². The van der Waals surface area contributed by atoms with Crippen LogP contribution in [0.5, 0.6) is 11.5 Å². The van der Waals surface area contributed by atoms with Crippen molar-refractivity contribution < 1.29 is 28.6 Å². The Balaban J connectivity index is 2.35. The van der Waals surface area contributed by atoms with Crippen LogP contribution >= 0.6 is 8.60 Å². The lowest BCUT2D eigenvalue weighted by Gasteiger charge is -2.13. The predicted molar refractivity (Wildman–Crippen MR) is 105 cm³/mol. The standard InChI is InChI=1S/C19H30NO6P/c1-15(2)8-6-4-5-7-9-19(21)20-13-16-10-11-17(18(12-16)24-3)25-14-26-27(22)23/h6,8,10-12,15,22-23H,4-5,7,9,13-14H2,1-3H3,(H,20,21)/b8-6-. The van der Waals surface area contributed by atoms with E-state index < -0.39 is 8.60 Å². The van der Waals surface area contributed by atoms with Crippen LogP contribution in [-0.4, -0.2) is 29.6 Å². The summed E-state index contributed by atoms with van der Waals surface area (Å²) in [5.74, 6) is 1.48. The summed E-state index contributed by atoms with van der Waals surface area (Å²) in [6, 6.07) is 5.24. The van der Waals surface area contributed by atoms with Gasteiger partial charge >= 0.3 is 8.60 Å². The van der Waals surface area contributed by atoms with Crippen molar-refractivity contribution in [1.29, 1.82) is 0 Å². The number of rotatable bonds is 13. The highest BCUT2D eigenvalue weighted by Gasteiger charge is 2.08. The molecule has 0 aromatic heterocycles. The monoisotopic (exact) mass is 399 g/mol. The molecule has 1 aromatic carbocycles. The summed E-state index contributed by atoms with van der Waals surface area (Å²) in [6.07, 6.45) is 7.73. The number of allylic oxidation sites excluding steroid dienone is 2. The topological polar surface area (TPSA) is 97.3 Å². The zero-order chi connectivity index (χ0) is 20.1. The normalized spacial score (nSPS) is 11.4. The van der Waals surface area contributed by atoms with Crippen LogP contribution in [0, 0.1) is 5.92 Å². The molecular weight excluding hydrogens is 369 g/mol. The quantitative estimate of drug-likeness (QED) is 0.203. The van der Waals surface area contributed by atoms with Gasteiger partial charge in [0.2, 0.25) is 5.91 Å². The number of methoxy groups -OCH3 is 1. The first-order chi connectivity index (χ1) is 12.9. The van der Waals surface area contributed by atoms with E-state index in [4.69, 9.17) is 19.3 Å². The fraction of sp³-hybridized carbons (Fsp3) is 0.526. The van der Waals surface area contributed by atoms with Crippen LogP contribution in [0.2, 0.25) is 0 Å². The fourth-order valence-electron chi connectivity index (χ4n) is 2.28. The molecule has 3 N–H and O–H groups in total. The molecular formula is C19H30NO6P. The van der Waals surface area contributed by atoms with E-state index in [2.05, 4.69) is 35.8 Å².